The Hall–Kier alpha value is -1.80. The summed E-state index contributed by atoms with van der Waals surface area (Å²) in [6.07, 6.45) is 1.84. The van der Waals surface area contributed by atoms with Gasteiger partial charge in [0.25, 0.3) is 0 Å². The first-order chi connectivity index (χ1) is 11.6. The van der Waals surface area contributed by atoms with Crippen LogP contribution in [0.3, 0.4) is 0 Å². The smallest absolute Gasteiger partial charge is 0.234 e. The summed E-state index contributed by atoms with van der Waals surface area (Å²) < 4.78 is 3.10. The van der Waals surface area contributed by atoms with Crippen LogP contribution in [0.25, 0.3) is 11.3 Å². The largest absolute Gasteiger partial charge is 0.325 e. The Labute approximate surface area is 158 Å². The number of halogens is 1. The number of thioether (sulfide) groups is 1. The Kier molecular flexibility index (Phi) is 5.57. The molecule has 0 spiro atoms. The molecule has 1 N–H and O–H groups in total. The summed E-state index contributed by atoms with van der Waals surface area (Å²) in [5.41, 5.74) is 2.97. The lowest BCUT2D eigenvalue weighted by Gasteiger charge is -2.07. The molecule has 0 aliphatic rings. The lowest BCUT2D eigenvalue weighted by Crippen LogP contribution is -2.14. The Morgan fingerprint density at radius 2 is 2.00 bits per heavy atom. The SMILES string of the molecule is Cn1c(-c2ccccc2)cnc1SCC(=O)Nc1cccc(I)c1. The minimum absolute atomic E-state index is 0.0359. The Bertz CT molecular complexity index is 848. The molecule has 1 aromatic heterocycles. The zero-order chi connectivity index (χ0) is 16.9. The van der Waals surface area contributed by atoms with E-state index < -0.39 is 0 Å². The van der Waals surface area contributed by atoms with Gasteiger partial charge in [0.05, 0.1) is 17.6 Å². The van der Waals surface area contributed by atoms with E-state index in [2.05, 4.69) is 45.0 Å². The van der Waals surface area contributed by atoms with Gasteiger partial charge in [0, 0.05) is 16.3 Å². The summed E-state index contributed by atoms with van der Waals surface area (Å²) in [6.45, 7) is 0. The maximum absolute atomic E-state index is 12.1. The maximum atomic E-state index is 12.1. The molecule has 0 saturated heterocycles. The number of carbonyl (C=O) groups is 1. The Morgan fingerprint density at radius 1 is 1.21 bits per heavy atom. The molecule has 0 aliphatic heterocycles. The first-order valence-electron chi connectivity index (χ1n) is 7.39. The van der Waals surface area contributed by atoms with E-state index in [0.29, 0.717) is 5.75 Å². The van der Waals surface area contributed by atoms with E-state index in [9.17, 15) is 4.79 Å². The van der Waals surface area contributed by atoms with Crippen molar-refractivity contribution in [1.29, 1.82) is 0 Å². The highest BCUT2D eigenvalue weighted by Crippen LogP contribution is 2.24. The van der Waals surface area contributed by atoms with Crippen molar-refractivity contribution in [3.8, 4) is 11.3 Å². The van der Waals surface area contributed by atoms with Crippen LogP contribution in [0.4, 0.5) is 5.69 Å². The molecule has 0 unspecified atom stereocenters. The van der Waals surface area contributed by atoms with Gasteiger partial charge in [0.15, 0.2) is 5.16 Å². The van der Waals surface area contributed by atoms with Crippen LogP contribution in [0.5, 0.6) is 0 Å². The average molecular weight is 449 g/mol. The molecule has 0 bridgehead atoms. The molecule has 0 fully saturated rings. The number of hydrogen-bond acceptors (Lipinski definition) is 3. The second-order valence-electron chi connectivity index (χ2n) is 5.20. The predicted octanol–water partition coefficient (Wildman–Crippen LogP) is 4.42. The molecule has 0 radical (unpaired) electrons. The quantitative estimate of drug-likeness (QED) is 0.464. The van der Waals surface area contributed by atoms with Crippen LogP contribution >= 0.6 is 34.4 Å². The van der Waals surface area contributed by atoms with Crippen LogP contribution in [-0.4, -0.2) is 21.2 Å². The summed E-state index contributed by atoms with van der Waals surface area (Å²) in [5.74, 6) is 0.288. The third-order valence-corrected chi connectivity index (χ3v) is 5.17. The number of rotatable bonds is 5. The molecule has 3 aromatic rings. The third kappa shape index (κ3) is 4.18. The zero-order valence-corrected chi connectivity index (χ0v) is 16.0. The minimum Gasteiger partial charge on any atom is -0.325 e. The van der Waals surface area contributed by atoms with Gasteiger partial charge in [-0.3, -0.25) is 4.79 Å². The molecule has 6 heteroatoms. The monoisotopic (exact) mass is 449 g/mol. The first kappa shape index (κ1) is 17.0. The second kappa shape index (κ2) is 7.85. The zero-order valence-electron chi connectivity index (χ0n) is 13.1. The topological polar surface area (TPSA) is 46.9 Å². The van der Waals surface area contributed by atoms with Crippen molar-refractivity contribution in [2.24, 2.45) is 7.05 Å². The van der Waals surface area contributed by atoms with Crippen molar-refractivity contribution in [3.05, 3.63) is 64.4 Å². The number of aromatic nitrogens is 2. The van der Waals surface area contributed by atoms with Gasteiger partial charge in [-0.25, -0.2) is 4.98 Å². The fourth-order valence-electron chi connectivity index (χ4n) is 2.30. The van der Waals surface area contributed by atoms with Crippen LogP contribution < -0.4 is 5.32 Å². The van der Waals surface area contributed by atoms with E-state index in [1.54, 1.807) is 0 Å². The number of nitrogens with zero attached hydrogens (tertiary/aromatic N) is 2. The lowest BCUT2D eigenvalue weighted by molar-refractivity contribution is -0.113. The normalized spacial score (nSPS) is 10.6. The summed E-state index contributed by atoms with van der Waals surface area (Å²) >= 11 is 3.66. The van der Waals surface area contributed by atoms with Crippen molar-refractivity contribution in [2.75, 3.05) is 11.1 Å². The molecule has 1 amide bonds. The molecule has 24 heavy (non-hydrogen) atoms. The third-order valence-electron chi connectivity index (χ3n) is 3.46. The van der Waals surface area contributed by atoms with Gasteiger partial charge < -0.3 is 9.88 Å². The van der Waals surface area contributed by atoms with Crippen LogP contribution in [0.1, 0.15) is 0 Å². The van der Waals surface area contributed by atoms with Gasteiger partial charge in [-0.2, -0.15) is 0 Å². The lowest BCUT2D eigenvalue weighted by atomic mass is 10.2. The van der Waals surface area contributed by atoms with Crippen LogP contribution in [-0.2, 0) is 11.8 Å². The summed E-state index contributed by atoms with van der Waals surface area (Å²) in [5, 5.41) is 3.73. The summed E-state index contributed by atoms with van der Waals surface area (Å²) in [7, 11) is 1.97. The first-order valence-corrected chi connectivity index (χ1v) is 9.45. The molecule has 4 nitrogen and oxygen atoms in total. The molecule has 3 rings (SSSR count). The fourth-order valence-corrected chi connectivity index (χ4v) is 3.59. The second-order valence-corrected chi connectivity index (χ2v) is 7.39. The number of carbonyl (C=O) groups excluding carboxylic acids is 1. The molecule has 2 aromatic carbocycles. The molecular weight excluding hydrogens is 433 g/mol. The highest BCUT2D eigenvalue weighted by atomic mass is 127. The van der Waals surface area contributed by atoms with Gasteiger partial charge in [-0.1, -0.05) is 48.2 Å². The van der Waals surface area contributed by atoms with Crippen molar-refractivity contribution in [2.45, 2.75) is 5.16 Å². The van der Waals surface area contributed by atoms with Crippen molar-refractivity contribution >= 4 is 45.9 Å². The van der Waals surface area contributed by atoms with E-state index in [4.69, 9.17) is 0 Å². The highest BCUT2D eigenvalue weighted by Gasteiger charge is 2.11. The van der Waals surface area contributed by atoms with Crippen LogP contribution in [0, 0.1) is 3.57 Å². The molecule has 1 heterocycles. The highest BCUT2D eigenvalue weighted by molar-refractivity contribution is 14.1. The van der Waals surface area contributed by atoms with Gasteiger partial charge in [-0.15, -0.1) is 0 Å². The number of imidazole rings is 1. The minimum atomic E-state index is -0.0359. The molecule has 0 atom stereocenters. The number of hydrogen-bond donors (Lipinski definition) is 1. The molecular formula is C18H16IN3OS. The standard InChI is InChI=1S/C18H16IN3OS/c1-22-16(13-6-3-2-4-7-13)11-20-18(22)24-12-17(23)21-15-9-5-8-14(19)10-15/h2-11H,12H2,1H3,(H,21,23). The maximum Gasteiger partial charge on any atom is 0.234 e. The van der Waals surface area contributed by atoms with Gasteiger partial charge >= 0.3 is 0 Å². The molecule has 122 valence electrons. The number of anilines is 1. The number of amides is 1. The molecule has 0 saturated carbocycles. The van der Waals surface area contributed by atoms with E-state index in [0.717, 1.165) is 25.7 Å². The molecule has 0 aliphatic carbocycles. The summed E-state index contributed by atoms with van der Waals surface area (Å²) in [6, 6.07) is 17.8. The van der Waals surface area contributed by atoms with Crippen LogP contribution in [0.2, 0.25) is 0 Å². The Morgan fingerprint density at radius 3 is 2.75 bits per heavy atom. The average Bonchev–Trinajstić information content (AvgIpc) is 2.94. The Balaban J connectivity index is 1.63. The van der Waals surface area contributed by atoms with E-state index in [1.807, 2.05) is 60.3 Å². The van der Waals surface area contributed by atoms with Crippen molar-refractivity contribution < 1.29 is 4.79 Å². The van der Waals surface area contributed by atoms with Crippen molar-refractivity contribution in [1.82, 2.24) is 9.55 Å². The van der Waals surface area contributed by atoms with E-state index in [1.165, 1.54) is 11.8 Å². The predicted molar refractivity (Wildman–Crippen MR) is 107 cm³/mol. The summed E-state index contributed by atoms with van der Waals surface area (Å²) in [4.78, 5) is 16.5. The van der Waals surface area contributed by atoms with Crippen LogP contribution in [0.15, 0.2) is 66.0 Å². The number of nitrogens with one attached hydrogen (secondary N) is 1. The van der Waals surface area contributed by atoms with Gasteiger partial charge in [0.2, 0.25) is 5.91 Å². The van der Waals surface area contributed by atoms with E-state index in [-0.39, 0.29) is 5.91 Å². The number of benzene rings is 2. The van der Waals surface area contributed by atoms with Gasteiger partial charge in [0.1, 0.15) is 0 Å². The van der Waals surface area contributed by atoms with Gasteiger partial charge in [-0.05, 0) is 46.4 Å². The van der Waals surface area contributed by atoms with E-state index >= 15 is 0 Å². The fraction of sp³-hybridized carbons (Fsp3) is 0.111. The van der Waals surface area contributed by atoms with Crippen molar-refractivity contribution in [3.63, 3.8) is 0 Å².